The van der Waals surface area contributed by atoms with Crippen LogP contribution < -0.4 is 5.32 Å². The molecule has 0 unspecified atom stereocenters. The Kier molecular flexibility index (Phi) is 5.63. The van der Waals surface area contributed by atoms with Crippen molar-refractivity contribution in [3.05, 3.63) is 39.3 Å². The molecule has 0 atom stereocenters. The second-order valence-corrected chi connectivity index (χ2v) is 5.89. The Morgan fingerprint density at radius 3 is 2.80 bits per heavy atom. The van der Waals surface area contributed by atoms with Crippen molar-refractivity contribution in [1.29, 1.82) is 0 Å². The number of rotatable bonds is 6. The zero-order valence-corrected chi connectivity index (χ0v) is 13.3. The van der Waals surface area contributed by atoms with Gasteiger partial charge in [0.2, 0.25) is 5.13 Å². The van der Waals surface area contributed by atoms with Crippen LogP contribution in [0, 0.1) is 0 Å². The van der Waals surface area contributed by atoms with Crippen molar-refractivity contribution in [2.75, 3.05) is 18.5 Å². The molecule has 0 saturated carbocycles. The van der Waals surface area contributed by atoms with Crippen molar-refractivity contribution >= 4 is 38.3 Å². The molecule has 0 aliphatic heterocycles. The second kappa shape index (κ2) is 7.47. The zero-order valence-electron chi connectivity index (χ0n) is 10.9. The minimum Gasteiger partial charge on any atom is -0.381 e. The molecule has 0 bridgehead atoms. The largest absolute Gasteiger partial charge is 0.381 e. The first-order chi connectivity index (χ1) is 9.69. The molecule has 1 heterocycles. The summed E-state index contributed by atoms with van der Waals surface area (Å²) >= 11 is 4.70. The highest BCUT2D eigenvalue weighted by Crippen LogP contribution is 2.17. The summed E-state index contributed by atoms with van der Waals surface area (Å²) in [4.78, 5) is 12.0. The van der Waals surface area contributed by atoms with Crippen molar-refractivity contribution in [2.24, 2.45) is 0 Å². The molecule has 5 nitrogen and oxygen atoms in total. The van der Waals surface area contributed by atoms with Gasteiger partial charge in [-0.1, -0.05) is 27.3 Å². The van der Waals surface area contributed by atoms with Gasteiger partial charge in [-0.2, -0.15) is 0 Å². The third-order valence-electron chi connectivity index (χ3n) is 2.46. The van der Waals surface area contributed by atoms with Gasteiger partial charge in [-0.3, -0.25) is 10.1 Å². The van der Waals surface area contributed by atoms with E-state index in [0.717, 1.165) is 9.48 Å². The molecule has 2 rings (SSSR count). The third-order valence-corrected chi connectivity index (χ3v) is 3.89. The molecule has 7 heteroatoms. The van der Waals surface area contributed by atoms with Gasteiger partial charge >= 0.3 is 0 Å². The van der Waals surface area contributed by atoms with Crippen LogP contribution in [0.5, 0.6) is 0 Å². The monoisotopic (exact) mass is 355 g/mol. The number of amides is 1. The van der Waals surface area contributed by atoms with Crippen molar-refractivity contribution in [3.8, 4) is 0 Å². The molecule has 0 aliphatic carbocycles. The molecular formula is C13H14BrN3O2S. The Morgan fingerprint density at radius 2 is 2.10 bits per heavy atom. The first-order valence-corrected chi connectivity index (χ1v) is 7.77. The minimum atomic E-state index is -0.190. The van der Waals surface area contributed by atoms with Crippen molar-refractivity contribution in [1.82, 2.24) is 10.2 Å². The number of ether oxygens (including phenoxy) is 1. The molecular weight excluding hydrogens is 342 g/mol. The van der Waals surface area contributed by atoms with Gasteiger partial charge in [-0.25, -0.2) is 0 Å². The van der Waals surface area contributed by atoms with Crippen molar-refractivity contribution < 1.29 is 9.53 Å². The quantitative estimate of drug-likeness (QED) is 0.808. The maximum atomic E-state index is 12.0. The highest BCUT2D eigenvalue weighted by molar-refractivity contribution is 9.10. The molecule has 1 aromatic heterocycles. The summed E-state index contributed by atoms with van der Waals surface area (Å²) in [5.74, 6) is -0.190. The van der Waals surface area contributed by atoms with Gasteiger partial charge in [0.15, 0.2) is 0 Å². The average Bonchev–Trinajstić information content (AvgIpc) is 2.87. The van der Waals surface area contributed by atoms with Gasteiger partial charge in [0.25, 0.3) is 5.91 Å². The molecule has 0 spiro atoms. The van der Waals surface area contributed by atoms with Crippen molar-refractivity contribution in [2.45, 2.75) is 13.3 Å². The van der Waals surface area contributed by atoms with Crippen LogP contribution in [-0.2, 0) is 11.2 Å². The molecule has 20 heavy (non-hydrogen) atoms. The molecule has 106 valence electrons. The van der Waals surface area contributed by atoms with E-state index in [9.17, 15) is 4.79 Å². The normalized spacial score (nSPS) is 10.5. The van der Waals surface area contributed by atoms with Gasteiger partial charge in [0.05, 0.1) is 6.61 Å². The smallest absolute Gasteiger partial charge is 0.257 e. The number of aromatic nitrogens is 2. The molecule has 2 aromatic rings. The second-order valence-electron chi connectivity index (χ2n) is 3.91. The van der Waals surface area contributed by atoms with E-state index < -0.39 is 0 Å². The number of hydrogen-bond donors (Lipinski definition) is 1. The molecule has 0 radical (unpaired) electrons. The number of halogens is 1. The summed E-state index contributed by atoms with van der Waals surface area (Å²) in [5, 5.41) is 12.1. The lowest BCUT2D eigenvalue weighted by Crippen LogP contribution is -2.11. The lowest BCUT2D eigenvalue weighted by atomic mass is 10.2. The maximum absolute atomic E-state index is 12.0. The van der Waals surface area contributed by atoms with E-state index in [4.69, 9.17) is 4.74 Å². The van der Waals surface area contributed by atoms with Crippen LogP contribution in [0.2, 0.25) is 0 Å². The van der Waals surface area contributed by atoms with Crippen LogP contribution in [-0.4, -0.2) is 29.3 Å². The third kappa shape index (κ3) is 4.36. The van der Waals surface area contributed by atoms with Crippen LogP contribution in [0.15, 0.2) is 28.7 Å². The standard InChI is InChI=1S/C13H14BrN3O2S/c1-2-19-8-7-11-16-17-13(20-11)15-12(18)9-3-5-10(14)6-4-9/h3-6H,2,7-8H2,1H3,(H,15,17,18). The van der Waals surface area contributed by atoms with Gasteiger partial charge in [0.1, 0.15) is 5.01 Å². The van der Waals surface area contributed by atoms with E-state index in [1.807, 2.05) is 19.1 Å². The molecule has 0 aliphatic rings. The van der Waals surface area contributed by atoms with E-state index in [1.165, 1.54) is 11.3 Å². The highest BCUT2D eigenvalue weighted by atomic mass is 79.9. The Bertz CT molecular complexity index is 571. The van der Waals surface area contributed by atoms with Crippen LogP contribution >= 0.6 is 27.3 Å². The van der Waals surface area contributed by atoms with Gasteiger partial charge in [0, 0.05) is 23.1 Å². The Labute approximate surface area is 129 Å². The van der Waals surface area contributed by atoms with Gasteiger partial charge in [-0.05, 0) is 31.2 Å². The lowest BCUT2D eigenvalue weighted by Gasteiger charge is -2.00. The number of hydrogen-bond acceptors (Lipinski definition) is 5. The molecule has 0 fully saturated rings. The predicted molar refractivity (Wildman–Crippen MR) is 82.2 cm³/mol. The van der Waals surface area contributed by atoms with Crippen LogP contribution in [0.1, 0.15) is 22.3 Å². The average molecular weight is 356 g/mol. The highest BCUT2D eigenvalue weighted by Gasteiger charge is 2.10. The summed E-state index contributed by atoms with van der Waals surface area (Å²) in [5.41, 5.74) is 0.583. The number of nitrogens with one attached hydrogen (secondary N) is 1. The predicted octanol–water partition coefficient (Wildman–Crippen LogP) is 3.13. The summed E-state index contributed by atoms with van der Waals surface area (Å²) in [6.45, 7) is 3.25. The maximum Gasteiger partial charge on any atom is 0.257 e. The van der Waals surface area contributed by atoms with E-state index in [1.54, 1.807) is 12.1 Å². The minimum absolute atomic E-state index is 0.190. The number of benzene rings is 1. The summed E-state index contributed by atoms with van der Waals surface area (Å²) < 4.78 is 6.19. The van der Waals surface area contributed by atoms with E-state index >= 15 is 0 Å². The molecule has 1 amide bonds. The SMILES string of the molecule is CCOCCc1nnc(NC(=O)c2ccc(Br)cc2)s1. The summed E-state index contributed by atoms with van der Waals surface area (Å²) in [6, 6.07) is 7.14. The fraction of sp³-hybridized carbons (Fsp3) is 0.308. The molecule has 1 aromatic carbocycles. The zero-order chi connectivity index (χ0) is 14.4. The van der Waals surface area contributed by atoms with Gasteiger partial charge < -0.3 is 4.74 Å². The molecule has 1 N–H and O–H groups in total. The number of anilines is 1. The molecule has 0 saturated heterocycles. The fourth-order valence-electron chi connectivity index (χ4n) is 1.48. The van der Waals surface area contributed by atoms with Crippen LogP contribution in [0.4, 0.5) is 5.13 Å². The Hall–Kier alpha value is -1.31. The summed E-state index contributed by atoms with van der Waals surface area (Å²) in [6.07, 6.45) is 0.708. The van der Waals surface area contributed by atoms with E-state index in [-0.39, 0.29) is 5.91 Å². The van der Waals surface area contributed by atoms with E-state index in [0.29, 0.717) is 30.3 Å². The Balaban J connectivity index is 1.92. The van der Waals surface area contributed by atoms with Crippen LogP contribution in [0.3, 0.4) is 0 Å². The number of nitrogens with zero attached hydrogens (tertiary/aromatic N) is 2. The van der Waals surface area contributed by atoms with Crippen molar-refractivity contribution in [3.63, 3.8) is 0 Å². The summed E-state index contributed by atoms with van der Waals surface area (Å²) in [7, 11) is 0. The topological polar surface area (TPSA) is 64.1 Å². The number of carbonyl (C=O) groups excluding carboxylic acids is 1. The lowest BCUT2D eigenvalue weighted by molar-refractivity contribution is 0.102. The van der Waals surface area contributed by atoms with Crippen LogP contribution in [0.25, 0.3) is 0 Å². The number of carbonyl (C=O) groups is 1. The van der Waals surface area contributed by atoms with E-state index in [2.05, 4.69) is 31.4 Å². The Morgan fingerprint density at radius 1 is 1.35 bits per heavy atom. The van der Waals surface area contributed by atoms with Gasteiger partial charge in [-0.15, -0.1) is 10.2 Å². The first kappa shape index (κ1) is 15.1. The fourth-order valence-corrected chi connectivity index (χ4v) is 2.46. The first-order valence-electron chi connectivity index (χ1n) is 6.16.